The molecule has 0 spiro atoms. The van der Waals surface area contributed by atoms with Gasteiger partial charge in [-0.25, -0.2) is 13.2 Å². The summed E-state index contributed by atoms with van der Waals surface area (Å²) >= 11 is 0. The van der Waals surface area contributed by atoms with E-state index in [0.29, 0.717) is 43.5 Å². The molecule has 1 fully saturated rings. The number of H-pyrrole nitrogens is 1. The maximum Gasteiger partial charge on any atom is 0.326 e. The van der Waals surface area contributed by atoms with Crippen LogP contribution in [-0.4, -0.2) is 86.5 Å². The summed E-state index contributed by atoms with van der Waals surface area (Å²) in [7, 11) is -1.17. The van der Waals surface area contributed by atoms with Crippen LogP contribution in [-0.2, 0) is 24.4 Å². The molecule has 4 atom stereocenters. The topological polar surface area (TPSA) is 193 Å². The Hall–Kier alpha value is -4.14. The lowest BCUT2D eigenvalue weighted by Crippen LogP contribution is -2.55. The van der Waals surface area contributed by atoms with Gasteiger partial charge < -0.3 is 35.9 Å². The largest absolute Gasteiger partial charge is 0.493 e. The molecule has 0 radical (unpaired) electrons. The Morgan fingerprint density at radius 2 is 1.89 bits per heavy atom. The van der Waals surface area contributed by atoms with Crippen LogP contribution in [0.2, 0.25) is 0 Å². The minimum absolute atomic E-state index is 0.0172. The molecule has 4 rings (SSSR count). The van der Waals surface area contributed by atoms with E-state index in [1.807, 2.05) is 24.3 Å². The lowest BCUT2D eigenvalue weighted by atomic mass is 9.90. The Kier molecular flexibility index (Phi) is 11.1. The Morgan fingerprint density at radius 1 is 1.13 bits per heavy atom. The summed E-state index contributed by atoms with van der Waals surface area (Å²) in [6.07, 6.45) is 3.64. The number of nitrogens with zero attached hydrogens (tertiary/aromatic N) is 1. The summed E-state index contributed by atoms with van der Waals surface area (Å²) in [6, 6.07) is 9.09. The van der Waals surface area contributed by atoms with Crippen molar-refractivity contribution in [1.29, 1.82) is 0 Å². The zero-order valence-corrected chi connectivity index (χ0v) is 26.8. The zero-order chi connectivity index (χ0) is 34.1. The minimum Gasteiger partial charge on any atom is -0.493 e. The number of nitrogens with one attached hydrogen (secondary N) is 3. The van der Waals surface area contributed by atoms with Gasteiger partial charge in [-0.05, 0) is 62.4 Å². The van der Waals surface area contributed by atoms with Crippen LogP contribution in [0.1, 0.15) is 51.9 Å². The molecule has 1 aliphatic heterocycles. The summed E-state index contributed by atoms with van der Waals surface area (Å²) in [5.41, 5.74) is 6.96. The molecule has 2 heterocycles. The third kappa shape index (κ3) is 7.80. The summed E-state index contributed by atoms with van der Waals surface area (Å²) in [6.45, 7) is 0.140. The number of amides is 2. The normalized spacial score (nSPS) is 17.8. The van der Waals surface area contributed by atoms with E-state index >= 15 is 0 Å². The summed E-state index contributed by atoms with van der Waals surface area (Å²) in [5.74, 6) is -3.56. The third-order valence-electron chi connectivity index (χ3n) is 8.31. The van der Waals surface area contributed by atoms with Gasteiger partial charge in [0, 0.05) is 43.5 Å². The van der Waals surface area contributed by atoms with Crippen LogP contribution >= 0.6 is 0 Å². The predicted octanol–water partition coefficient (Wildman–Crippen LogP) is 2.57. The van der Waals surface area contributed by atoms with Crippen LogP contribution in [0.15, 0.2) is 53.6 Å². The lowest BCUT2D eigenvalue weighted by molar-refractivity contribution is -0.142. The van der Waals surface area contributed by atoms with Gasteiger partial charge in [0.15, 0.2) is 11.5 Å². The van der Waals surface area contributed by atoms with Gasteiger partial charge in [-0.15, -0.1) is 0 Å². The Morgan fingerprint density at radius 3 is 2.59 bits per heavy atom. The van der Waals surface area contributed by atoms with Gasteiger partial charge in [0.25, 0.3) is 0 Å². The fourth-order valence-electron chi connectivity index (χ4n) is 5.71. The maximum atomic E-state index is 13.8. The molecule has 1 aromatic heterocycles. The minimum atomic E-state index is -4.02. The Labute approximate surface area is 270 Å². The van der Waals surface area contributed by atoms with Crippen LogP contribution in [0, 0.1) is 5.92 Å². The second-order valence-electron chi connectivity index (χ2n) is 11.3. The number of hydrogen-bond donors (Lipinski definition) is 5. The van der Waals surface area contributed by atoms with Crippen molar-refractivity contribution in [1.82, 2.24) is 19.9 Å². The van der Waals surface area contributed by atoms with Gasteiger partial charge in [0.2, 0.25) is 21.8 Å². The number of benzene rings is 2. The van der Waals surface area contributed by atoms with E-state index in [4.69, 9.17) is 16.6 Å². The van der Waals surface area contributed by atoms with Crippen LogP contribution < -0.4 is 25.8 Å². The number of aromatic amines is 1. The molecule has 13 nitrogen and oxygen atoms in total. The third-order valence-corrected chi connectivity index (χ3v) is 10.2. The van der Waals surface area contributed by atoms with Crippen molar-refractivity contribution in [3.63, 3.8) is 0 Å². The standard InChI is InChI=1S/C32H43N5O8S/c1-20(24-18-34-25-11-5-4-10-23(24)25)29(31(39)35-26(32(40)41)12-6-7-15-33)36-30(38)21-9-8-16-37(19-21)46(42,43)22-13-14-27(44-2)28(17-22)45-3/h4-5,10-11,13-14,17-18,20-21,26,29,34H,6-9,12,15-16,19,33H2,1-3H3,(H,35,39)(H,36,38)(H,40,41)/t20-,21?,26-,29-/m0/s1/i1D. The van der Waals surface area contributed by atoms with E-state index in [1.165, 1.54) is 36.7 Å². The molecule has 0 aliphatic carbocycles. The first-order chi connectivity index (χ1) is 22.5. The monoisotopic (exact) mass is 658 g/mol. The fraction of sp³-hybridized carbons (Fsp3) is 0.469. The highest BCUT2D eigenvalue weighted by atomic mass is 32.2. The average molecular weight is 659 g/mol. The number of fused-ring (bicyclic) bond motifs is 1. The van der Waals surface area contributed by atoms with Crippen LogP contribution in [0.25, 0.3) is 10.9 Å². The number of ether oxygens (including phenoxy) is 2. The summed E-state index contributed by atoms with van der Waals surface area (Å²) in [4.78, 5) is 42.8. The molecule has 2 amide bonds. The van der Waals surface area contributed by atoms with Crippen molar-refractivity contribution in [2.75, 3.05) is 33.9 Å². The molecule has 46 heavy (non-hydrogen) atoms. The van der Waals surface area contributed by atoms with E-state index < -0.39 is 51.7 Å². The number of aliphatic carboxylic acids is 1. The highest BCUT2D eigenvalue weighted by Gasteiger charge is 2.37. The van der Waals surface area contributed by atoms with Crippen LogP contribution in [0.3, 0.4) is 0 Å². The summed E-state index contributed by atoms with van der Waals surface area (Å²) in [5, 5.41) is 15.9. The molecule has 1 aliphatic rings. The number of para-hydroxylation sites is 1. The maximum absolute atomic E-state index is 13.8. The number of rotatable bonds is 15. The molecule has 14 heteroatoms. The molecule has 6 N–H and O–H groups in total. The van der Waals surface area contributed by atoms with Crippen LogP contribution in [0.4, 0.5) is 0 Å². The van der Waals surface area contributed by atoms with Gasteiger partial charge in [-0.3, -0.25) is 9.59 Å². The number of carboxylic acids is 1. The smallest absolute Gasteiger partial charge is 0.326 e. The predicted molar refractivity (Wildman–Crippen MR) is 172 cm³/mol. The molecular weight excluding hydrogens is 614 g/mol. The second kappa shape index (κ2) is 15.4. The number of nitrogens with two attached hydrogens (primary N) is 1. The fourth-order valence-corrected chi connectivity index (χ4v) is 7.25. The first-order valence-corrected chi connectivity index (χ1v) is 16.6. The number of carboxylic acid groups (broad SMARTS) is 1. The van der Waals surface area contributed by atoms with E-state index in [9.17, 15) is 27.9 Å². The van der Waals surface area contributed by atoms with E-state index in [2.05, 4.69) is 15.6 Å². The van der Waals surface area contributed by atoms with E-state index in [-0.39, 0.29) is 37.1 Å². The lowest BCUT2D eigenvalue weighted by Gasteiger charge is -2.33. The van der Waals surface area contributed by atoms with Gasteiger partial charge in [0.1, 0.15) is 12.1 Å². The molecule has 1 unspecified atom stereocenters. The first kappa shape index (κ1) is 33.2. The average Bonchev–Trinajstić information content (AvgIpc) is 3.51. The van der Waals surface area contributed by atoms with E-state index in [0.717, 1.165) is 10.9 Å². The highest BCUT2D eigenvalue weighted by Crippen LogP contribution is 2.33. The number of hydrogen-bond acceptors (Lipinski definition) is 8. The zero-order valence-electron chi connectivity index (χ0n) is 27.0. The van der Waals surface area contributed by atoms with Crippen molar-refractivity contribution in [3.05, 3.63) is 54.2 Å². The first-order valence-electron chi connectivity index (χ1n) is 15.9. The number of sulfonamides is 1. The molecule has 0 bridgehead atoms. The van der Waals surface area contributed by atoms with E-state index in [1.54, 1.807) is 6.20 Å². The molecular formula is C32H43N5O8S. The number of piperidine rings is 1. The number of unbranched alkanes of at least 4 members (excludes halogenated alkanes) is 1. The van der Waals surface area contributed by atoms with Crippen molar-refractivity contribution in [2.45, 2.75) is 61.9 Å². The molecule has 2 aromatic carbocycles. The molecule has 1 saturated heterocycles. The van der Waals surface area contributed by atoms with Crippen molar-refractivity contribution < 1.29 is 38.8 Å². The van der Waals surface area contributed by atoms with Gasteiger partial charge in [-0.1, -0.05) is 25.1 Å². The summed E-state index contributed by atoms with van der Waals surface area (Å²) < 4.78 is 47.4. The van der Waals surface area contributed by atoms with Gasteiger partial charge in [-0.2, -0.15) is 4.31 Å². The van der Waals surface area contributed by atoms with Crippen molar-refractivity contribution >= 4 is 38.7 Å². The SMILES string of the molecule is [2H]C[C@@H](c1c[nH]c2ccccc12)[C@H](NC(=O)C1CCCN(S(=O)(=O)c2ccc(OC)c(OC)c2)C1)C(=O)N[C@@H](CCCCN)C(=O)O. The number of carbonyl (C=O) groups is 3. The Bertz CT molecular complexity index is 1670. The second-order valence-corrected chi connectivity index (χ2v) is 13.2. The molecule has 250 valence electrons. The highest BCUT2D eigenvalue weighted by molar-refractivity contribution is 7.89. The van der Waals surface area contributed by atoms with Crippen LogP contribution in [0.5, 0.6) is 11.5 Å². The van der Waals surface area contributed by atoms with Crippen molar-refractivity contribution in [2.24, 2.45) is 11.7 Å². The molecule has 0 saturated carbocycles. The number of methoxy groups -OCH3 is 2. The number of carbonyl (C=O) groups excluding carboxylic acids is 2. The molecule has 3 aromatic rings. The van der Waals surface area contributed by atoms with Gasteiger partial charge >= 0.3 is 5.97 Å². The van der Waals surface area contributed by atoms with Gasteiger partial charge in [0.05, 0.1) is 25.0 Å². The quantitative estimate of drug-likeness (QED) is 0.153. The van der Waals surface area contributed by atoms with Crippen molar-refractivity contribution in [3.8, 4) is 11.5 Å². The number of aromatic nitrogens is 1. The Balaban J connectivity index is 1.60.